The van der Waals surface area contributed by atoms with Gasteiger partial charge < -0.3 is 15.0 Å². The van der Waals surface area contributed by atoms with Crippen LogP contribution in [0.15, 0.2) is 0 Å². The summed E-state index contributed by atoms with van der Waals surface area (Å²) in [5.74, 6) is 0.323. The molecular formula is C15H28N2O2. The summed E-state index contributed by atoms with van der Waals surface area (Å²) in [5.41, 5.74) is -0.0253. The van der Waals surface area contributed by atoms with Crippen LogP contribution in [0.4, 0.5) is 0 Å². The monoisotopic (exact) mass is 268 g/mol. The van der Waals surface area contributed by atoms with Crippen LogP contribution < -0.4 is 5.32 Å². The molecule has 2 aliphatic heterocycles. The highest BCUT2D eigenvalue weighted by molar-refractivity contribution is 5.83. The Bertz CT molecular complexity index is 317. The standard InChI is InChI=1S/C15H28N2O2/c1-14(2)5-4-10-17(11-14)13(18)15(12-19-3)6-8-16-9-7-15/h16H,4-12H2,1-3H3. The van der Waals surface area contributed by atoms with Crippen molar-refractivity contribution in [3.05, 3.63) is 0 Å². The average molecular weight is 268 g/mol. The highest BCUT2D eigenvalue weighted by Crippen LogP contribution is 2.35. The zero-order valence-corrected chi connectivity index (χ0v) is 12.6. The molecule has 0 bridgehead atoms. The van der Waals surface area contributed by atoms with E-state index in [0.29, 0.717) is 12.5 Å². The fourth-order valence-corrected chi connectivity index (χ4v) is 3.53. The molecule has 1 amide bonds. The number of carbonyl (C=O) groups excluding carboxylic acids is 1. The molecule has 2 saturated heterocycles. The van der Waals surface area contributed by atoms with Gasteiger partial charge in [0, 0.05) is 20.2 Å². The molecular weight excluding hydrogens is 240 g/mol. The van der Waals surface area contributed by atoms with E-state index >= 15 is 0 Å². The Kier molecular flexibility index (Phi) is 4.51. The van der Waals surface area contributed by atoms with E-state index in [1.807, 2.05) is 0 Å². The molecule has 0 aromatic rings. The predicted octanol–water partition coefficient (Wildman–Crippen LogP) is 1.65. The van der Waals surface area contributed by atoms with Gasteiger partial charge in [0.25, 0.3) is 0 Å². The van der Waals surface area contributed by atoms with Gasteiger partial charge in [-0.1, -0.05) is 13.8 Å². The second kappa shape index (κ2) is 5.80. The van der Waals surface area contributed by atoms with Crippen LogP contribution in [0.2, 0.25) is 0 Å². The Balaban J connectivity index is 2.10. The van der Waals surface area contributed by atoms with Gasteiger partial charge in [0.1, 0.15) is 0 Å². The van der Waals surface area contributed by atoms with E-state index in [1.165, 1.54) is 6.42 Å². The van der Waals surface area contributed by atoms with Gasteiger partial charge in [-0.05, 0) is 44.2 Å². The fraction of sp³-hybridized carbons (Fsp3) is 0.933. The quantitative estimate of drug-likeness (QED) is 0.846. The lowest BCUT2D eigenvalue weighted by atomic mass is 9.76. The van der Waals surface area contributed by atoms with E-state index in [-0.39, 0.29) is 10.8 Å². The molecule has 4 heteroatoms. The van der Waals surface area contributed by atoms with Crippen molar-refractivity contribution >= 4 is 5.91 Å². The minimum Gasteiger partial charge on any atom is -0.384 e. The molecule has 0 aromatic heterocycles. The Morgan fingerprint density at radius 1 is 1.26 bits per heavy atom. The minimum atomic E-state index is -0.284. The molecule has 0 spiro atoms. The van der Waals surface area contributed by atoms with E-state index in [0.717, 1.165) is 45.4 Å². The van der Waals surface area contributed by atoms with E-state index < -0.39 is 0 Å². The first kappa shape index (κ1) is 14.8. The summed E-state index contributed by atoms with van der Waals surface area (Å²) < 4.78 is 5.37. The largest absolute Gasteiger partial charge is 0.384 e. The molecule has 110 valence electrons. The number of ether oxygens (including phenoxy) is 1. The van der Waals surface area contributed by atoms with Crippen LogP contribution in [-0.2, 0) is 9.53 Å². The molecule has 0 aromatic carbocycles. The summed E-state index contributed by atoms with van der Waals surface area (Å²) in [5, 5.41) is 3.35. The maximum Gasteiger partial charge on any atom is 0.231 e. The third-order valence-corrected chi connectivity index (χ3v) is 4.62. The molecule has 19 heavy (non-hydrogen) atoms. The Morgan fingerprint density at radius 3 is 2.53 bits per heavy atom. The number of nitrogens with zero attached hydrogens (tertiary/aromatic N) is 1. The lowest BCUT2D eigenvalue weighted by Crippen LogP contribution is -2.54. The maximum atomic E-state index is 13.0. The van der Waals surface area contributed by atoms with Gasteiger partial charge in [-0.2, -0.15) is 0 Å². The van der Waals surface area contributed by atoms with Gasteiger partial charge in [-0.15, -0.1) is 0 Å². The first-order chi connectivity index (χ1) is 8.99. The summed E-state index contributed by atoms with van der Waals surface area (Å²) in [6, 6.07) is 0. The molecule has 0 atom stereocenters. The highest BCUT2D eigenvalue weighted by atomic mass is 16.5. The molecule has 2 rings (SSSR count). The van der Waals surface area contributed by atoms with Crippen molar-refractivity contribution in [2.75, 3.05) is 39.9 Å². The normalized spacial score (nSPS) is 26.2. The third-order valence-electron chi connectivity index (χ3n) is 4.62. The van der Waals surface area contributed by atoms with E-state index in [4.69, 9.17) is 4.74 Å². The highest BCUT2D eigenvalue weighted by Gasteiger charge is 2.43. The van der Waals surface area contributed by atoms with Crippen LogP contribution in [-0.4, -0.2) is 50.7 Å². The molecule has 0 saturated carbocycles. The summed E-state index contributed by atoms with van der Waals surface area (Å²) in [6.45, 7) is 8.74. The Hall–Kier alpha value is -0.610. The van der Waals surface area contributed by atoms with Gasteiger partial charge in [-0.25, -0.2) is 0 Å². The van der Waals surface area contributed by atoms with Crippen LogP contribution in [0.25, 0.3) is 0 Å². The first-order valence-corrected chi connectivity index (χ1v) is 7.48. The molecule has 0 unspecified atom stereocenters. The topological polar surface area (TPSA) is 41.6 Å². The van der Waals surface area contributed by atoms with Crippen LogP contribution in [0, 0.1) is 10.8 Å². The number of amides is 1. The molecule has 2 heterocycles. The van der Waals surface area contributed by atoms with Gasteiger partial charge in [-0.3, -0.25) is 4.79 Å². The number of carbonyl (C=O) groups is 1. The predicted molar refractivity (Wildman–Crippen MR) is 76.0 cm³/mol. The van der Waals surface area contributed by atoms with Crippen molar-refractivity contribution < 1.29 is 9.53 Å². The minimum absolute atomic E-state index is 0.259. The van der Waals surface area contributed by atoms with Crippen molar-refractivity contribution in [1.29, 1.82) is 0 Å². The SMILES string of the molecule is COCC1(C(=O)N2CCCC(C)(C)C2)CCNCC1. The molecule has 0 aliphatic carbocycles. The number of likely N-dealkylation sites (tertiary alicyclic amines) is 1. The lowest BCUT2D eigenvalue weighted by molar-refractivity contribution is -0.150. The van der Waals surface area contributed by atoms with Crippen molar-refractivity contribution in [1.82, 2.24) is 10.2 Å². The van der Waals surface area contributed by atoms with Crippen molar-refractivity contribution in [3.63, 3.8) is 0 Å². The van der Waals surface area contributed by atoms with Gasteiger partial charge in [0.2, 0.25) is 5.91 Å². The molecule has 2 fully saturated rings. The summed E-state index contributed by atoms with van der Waals surface area (Å²) in [4.78, 5) is 15.1. The van der Waals surface area contributed by atoms with Crippen LogP contribution in [0.5, 0.6) is 0 Å². The van der Waals surface area contributed by atoms with Gasteiger partial charge >= 0.3 is 0 Å². The number of hydrogen-bond acceptors (Lipinski definition) is 3. The van der Waals surface area contributed by atoms with E-state index in [1.54, 1.807) is 7.11 Å². The summed E-state index contributed by atoms with van der Waals surface area (Å²) >= 11 is 0. The third kappa shape index (κ3) is 3.29. The lowest BCUT2D eigenvalue weighted by Gasteiger charge is -2.44. The zero-order valence-electron chi connectivity index (χ0n) is 12.6. The molecule has 0 radical (unpaired) electrons. The maximum absolute atomic E-state index is 13.0. The number of methoxy groups -OCH3 is 1. The van der Waals surface area contributed by atoms with Crippen LogP contribution >= 0.6 is 0 Å². The molecule has 1 N–H and O–H groups in total. The van der Waals surface area contributed by atoms with Crippen LogP contribution in [0.1, 0.15) is 39.5 Å². The van der Waals surface area contributed by atoms with E-state index in [2.05, 4.69) is 24.1 Å². The fourth-order valence-electron chi connectivity index (χ4n) is 3.53. The van der Waals surface area contributed by atoms with Gasteiger partial charge in [0.15, 0.2) is 0 Å². The second-order valence-corrected chi connectivity index (χ2v) is 6.96. The molecule has 2 aliphatic rings. The van der Waals surface area contributed by atoms with Crippen molar-refractivity contribution in [3.8, 4) is 0 Å². The van der Waals surface area contributed by atoms with Crippen molar-refractivity contribution in [2.24, 2.45) is 10.8 Å². The van der Waals surface area contributed by atoms with Gasteiger partial charge in [0.05, 0.1) is 12.0 Å². The summed E-state index contributed by atoms with van der Waals surface area (Å²) in [7, 11) is 1.71. The Morgan fingerprint density at radius 2 is 1.95 bits per heavy atom. The average Bonchev–Trinajstić information content (AvgIpc) is 2.38. The van der Waals surface area contributed by atoms with Crippen molar-refractivity contribution in [2.45, 2.75) is 39.5 Å². The smallest absolute Gasteiger partial charge is 0.231 e. The second-order valence-electron chi connectivity index (χ2n) is 6.96. The van der Waals surface area contributed by atoms with E-state index in [9.17, 15) is 4.79 Å². The van der Waals surface area contributed by atoms with Crippen LogP contribution in [0.3, 0.4) is 0 Å². The number of piperidine rings is 2. The Labute approximate surface area is 116 Å². The first-order valence-electron chi connectivity index (χ1n) is 7.48. The number of nitrogens with one attached hydrogen (secondary N) is 1. The molecule has 4 nitrogen and oxygen atoms in total. The number of hydrogen-bond donors (Lipinski definition) is 1. The summed E-state index contributed by atoms with van der Waals surface area (Å²) in [6.07, 6.45) is 4.14. The number of rotatable bonds is 3. The zero-order chi connectivity index (χ0) is 13.9.